The van der Waals surface area contributed by atoms with Gasteiger partial charge in [0.2, 0.25) is 0 Å². The van der Waals surface area contributed by atoms with Crippen molar-refractivity contribution in [3.8, 4) is 0 Å². The number of rotatable bonds is 7. The average Bonchev–Trinajstić information content (AvgIpc) is 3.26. The minimum absolute atomic E-state index is 0.168. The molecule has 3 heterocycles. The summed E-state index contributed by atoms with van der Waals surface area (Å²) in [6, 6.07) is 19.0. The van der Waals surface area contributed by atoms with Crippen molar-refractivity contribution in [2.24, 2.45) is 0 Å². The lowest BCUT2D eigenvalue weighted by molar-refractivity contribution is 0.0988. The van der Waals surface area contributed by atoms with E-state index in [9.17, 15) is 9.18 Å². The zero-order chi connectivity index (χ0) is 23.5. The molecule has 34 heavy (non-hydrogen) atoms. The lowest BCUT2D eigenvalue weighted by Gasteiger charge is -2.36. The van der Waals surface area contributed by atoms with Crippen LogP contribution in [-0.2, 0) is 13.1 Å². The van der Waals surface area contributed by atoms with E-state index in [4.69, 9.17) is 4.98 Å². The second-order valence-electron chi connectivity index (χ2n) is 8.92. The third-order valence-corrected chi connectivity index (χ3v) is 6.57. The number of halogens is 1. The minimum atomic E-state index is -0.175. The molecule has 0 unspecified atom stereocenters. The lowest BCUT2D eigenvalue weighted by Crippen LogP contribution is -2.46. The number of nitrogens with zero attached hydrogens (tertiary/aromatic N) is 4. The van der Waals surface area contributed by atoms with Crippen LogP contribution in [0.25, 0.3) is 11.0 Å². The van der Waals surface area contributed by atoms with Gasteiger partial charge in [-0.15, -0.1) is 0 Å². The van der Waals surface area contributed by atoms with E-state index < -0.39 is 0 Å². The van der Waals surface area contributed by atoms with Gasteiger partial charge in [-0.25, -0.2) is 9.37 Å². The van der Waals surface area contributed by atoms with Gasteiger partial charge in [0.05, 0.1) is 11.9 Å². The summed E-state index contributed by atoms with van der Waals surface area (Å²) in [6.45, 7) is 7.10. The molecule has 0 spiro atoms. The molecular formula is C28H29FN4O. The van der Waals surface area contributed by atoms with Crippen LogP contribution in [0.2, 0.25) is 0 Å². The maximum absolute atomic E-state index is 13.5. The fraction of sp³-hybridized carbons (Fsp3) is 0.286. The molecule has 1 saturated heterocycles. The maximum Gasteiger partial charge on any atom is 0.162 e. The first-order chi connectivity index (χ1) is 16.6. The number of aromatic nitrogens is 2. The Hall–Kier alpha value is -3.51. The van der Waals surface area contributed by atoms with Gasteiger partial charge in [-0.3, -0.25) is 9.69 Å². The number of anilines is 1. The Balaban J connectivity index is 1.23. The monoisotopic (exact) mass is 456 g/mol. The van der Waals surface area contributed by atoms with E-state index in [0.717, 1.165) is 72.7 Å². The topological polar surface area (TPSA) is 41.4 Å². The molecule has 0 saturated carbocycles. The molecule has 0 radical (unpaired) electrons. The number of hydrogen-bond acceptors (Lipinski definition) is 4. The number of piperazine rings is 1. The van der Waals surface area contributed by atoms with Gasteiger partial charge in [-0.05, 0) is 35.4 Å². The van der Waals surface area contributed by atoms with E-state index in [1.807, 2.05) is 43.5 Å². The maximum atomic E-state index is 13.5. The normalized spacial score (nSPS) is 14.6. The van der Waals surface area contributed by atoms with Crippen LogP contribution >= 0.6 is 0 Å². The largest absolute Gasteiger partial charge is 0.368 e. The number of benzene rings is 2. The van der Waals surface area contributed by atoms with E-state index >= 15 is 0 Å². The van der Waals surface area contributed by atoms with Crippen LogP contribution in [0.4, 0.5) is 10.1 Å². The zero-order valence-electron chi connectivity index (χ0n) is 19.5. The van der Waals surface area contributed by atoms with Crippen molar-refractivity contribution in [3.63, 3.8) is 0 Å². The van der Waals surface area contributed by atoms with Gasteiger partial charge in [0.1, 0.15) is 11.5 Å². The Bertz CT molecular complexity index is 1290. The molecule has 4 aromatic rings. The molecule has 2 aromatic heterocycles. The van der Waals surface area contributed by atoms with Crippen molar-refractivity contribution < 1.29 is 9.18 Å². The van der Waals surface area contributed by atoms with Crippen molar-refractivity contribution in [1.82, 2.24) is 14.5 Å². The molecule has 2 aromatic carbocycles. The number of carbonyl (C=O) groups excluding carboxylic acids is 1. The fourth-order valence-corrected chi connectivity index (χ4v) is 4.62. The van der Waals surface area contributed by atoms with Gasteiger partial charge in [-0.2, -0.15) is 0 Å². The van der Waals surface area contributed by atoms with Crippen molar-refractivity contribution in [2.45, 2.75) is 26.4 Å². The minimum Gasteiger partial charge on any atom is -0.368 e. The summed E-state index contributed by atoms with van der Waals surface area (Å²) >= 11 is 0. The highest BCUT2D eigenvalue weighted by Gasteiger charge is 2.18. The molecule has 6 heteroatoms. The van der Waals surface area contributed by atoms with Gasteiger partial charge in [-0.1, -0.05) is 43.3 Å². The van der Waals surface area contributed by atoms with Crippen LogP contribution in [0, 0.1) is 5.82 Å². The summed E-state index contributed by atoms with van der Waals surface area (Å²) in [4.78, 5) is 21.4. The van der Waals surface area contributed by atoms with Gasteiger partial charge in [0, 0.05) is 62.8 Å². The molecule has 0 atom stereocenters. The molecule has 1 aliphatic heterocycles. The summed E-state index contributed by atoms with van der Waals surface area (Å²) < 4.78 is 15.6. The highest BCUT2D eigenvalue weighted by molar-refractivity contribution is 5.95. The Labute approximate surface area is 199 Å². The number of pyridine rings is 1. The van der Waals surface area contributed by atoms with E-state index in [1.165, 1.54) is 6.07 Å². The van der Waals surface area contributed by atoms with E-state index in [0.29, 0.717) is 6.42 Å². The molecule has 5 nitrogen and oxygen atoms in total. The number of ketones is 1. The van der Waals surface area contributed by atoms with Crippen molar-refractivity contribution >= 4 is 22.5 Å². The lowest BCUT2D eigenvalue weighted by atomic mass is 10.1. The first-order valence-electron chi connectivity index (χ1n) is 11.9. The van der Waals surface area contributed by atoms with Crippen molar-refractivity contribution in [1.29, 1.82) is 0 Å². The van der Waals surface area contributed by atoms with Gasteiger partial charge < -0.3 is 9.47 Å². The number of Topliss-reactive ketones (excluding diaryl/α,β-unsaturated/α-hetero) is 1. The first-order valence-corrected chi connectivity index (χ1v) is 11.9. The molecule has 174 valence electrons. The van der Waals surface area contributed by atoms with Crippen molar-refractivity contribution in [2.75, 3.05) is 31.1 Å². The SMILES string of the molecule is CCC(=O)c1ccc(Cn2ccc3cc(N4CCN(Cc5cccc(F)c5)CC4)cnc32)cc1. The summed E-state index contributed by atoms with van der Waals surface area (Å²) in [5.41, 5.74) is 5.03. The predicted octanol–water partition coefficient (Wildman–Crippen LogP) is 5.14. The Kier molecular flexibility index (Phi) is 6.41. The van der Waals surface area contributed by atoms with Crippen LogP contribution in [0.15, 0.2) is 73.1 Å². The number of carbonyl (C=O) groups is 1. The third kappa shape index (κ3) is 4.87. The average molecular weight is 457 g/mol. The summed E-state index contributed by atoms with van der Waals surface area (Å²) in [6.07, 6.45) is 4.56. The van der Waals surface area contributed by atoms with Crippen LogP contribution in [-0.4, -0.2) is 46.4 Å². The van der Waals surface area contributed by atoms with Crippen LogP contribution < -0.4 is 4.90 Å². The standard InChI is InChI=1S/C28H29FN4O/c1-2-27(34)23-8-6-21(7-9-23)20-33-11-10-24-17-26(18-30-28(24)33)32-14-12-31(13-15-32)19-22-4-3-5-25(29)16-22/h3-11,16-18H,2,12-15,19-20H2,1H3. The number of hydrogen-bond donors (Lipinski definition) is 0. The molecule has 0 N–H and O–H groups in total. The molecule has 0 bridgehead atoms. The van der Waals surface area contributed by atoms with Crippen LogP contribution in [0.1, 0.15) is 34.8 Å². The Morgan fingerprint density at radius 3 is 2.47 bits per heavy atom. The van der Waals surface area contributed by atoms with Gasteiger partial charge >= 0.3 is 0 Å². The molecular weight excluding hydrogens is 427 g/mol. The second kappa shape index (κ2) is 9.77. The number of fused-ring (bicyclic) bond motifs is 1. The summed E-state index contributed by atoms with van der Waals surface area (Å²) in [5, 5.41) is 1.12. The fourth-order valence-electron chi connectivity index (χ4n) is 4.62. The predicted molar refractivity (Wildman–Crippen MR) is 134 cm³/mol. The van der Waals surface area contributed by atoms with Crippen LogP contribution in [0.5, 0.6) is 0 Å². The smallest absolute Gasteiger partial charge is 0.162 e. The zero-order valence-corrected chi connectivity index (χ0v) is 19.5. The quantitative estimate of drug-likeness (QED) is 0.361. The van der Waals surface area contributed by atoms with E-state index in [1.54, 1.807) is 12.1 Å². The first kappa shape index (κ1) is 22.3. The second-order valence-corrected chi connectivity index (χ2v) is 8.92. The van der Waals surface area contributed by atoms with Crippen molar-refractivity contribution in [3.05, 3.63) is 95.6 Å². The molecule has 1 fully saturated rings. The van der Waals surface area contributed by atoms with E-state index in [2.05, 4.69) is 32.7 Å². The van der Waals surface area contributed by atoms with E-state index in [-0.39, 0.29) is 11.6 Å². The van der Waals surface area contributed by atoms with Crippen LogP contribution in [0.3, 0.4) is 0 Å². The summed E-state index contributed by atoms with van der Waals surface area (Å²) in [5.74, 6) is -0.00647. The molecule has 0 amide bonds. The van der Waals surface area contributed by atoms with Gasteiger partial charge in [0.15, 0.2) is 5.78 Å². The Morgan fingerprint density at radius 2 is 1.74 bits per heavy atom. The third-order valence-electron chi connectivity index (χ3n) is 6.57. The highest BCUT2D eigenvalue weighted by atomic mass is 19.1. The highest BCUT2D eigenvalue weighted by Crippen LogP contribution is 2.23. The molecule has 5 rings (SSSR count). The molecule has 0 aliphatic carbocycles. The Morgan fingerprint density at radius 1 is 0.941 bits per heavy atom. The molecule has 1 aliphatic rings. The summed E-state index contributed by atoms with van der Waals surface area (Å²) in [7, 11) is 0. The van der Waals surface area contributed by atoms with Gasteiger partial charge in [0.25, 0.3) is 0 Å².